The van der Waals surface area contributed by atoms with E-state index < -0.39 is 0 Å². The maximum absolute atomic E-state index is 5.82. The Morgan fingerprint density at radius 3 is 2.93 bits per heavy atom. The zero-order chi connectivity index (χ0) is 10.8. The van der Waals surface area contributed by atoms with Crippen LogP contribution in [0.15, 0.2) is 4.52 Å². The largest absolute Gasteiger partial charge is 0.338 e. The lowest BCUT2D eigenvalue weighted by atomic mass is 10.2. The second-order valence-corrected chi connectivity index (χ2v) is 4.48. The zero-order valence-electron chi connectivity index (χ0n) is 9.31. The van der Waals surface area contributed by atoms with Gasteiger partial charge in [-0.05, 0) is 6.42 Å². The fourth-order valence-electron chi connectivity index (χ4n) is 1.76. The Hall–Kier alpha value is -0.940. The van der Waals surface area contributed by atoms with Gasteiger partial charge in [-0.25, -0.2) is 0 Å². The third-order valence-electron chi connectivity index (χ3n) is 2.67. The van der Waals surface area contributed by atoms with Crippen molar-refractivity contribution in [2.24, 2.45) is 5.73 Å². The predicted octanol–water partition coefficient (Wildman–Crippen LogP) is 0.726. The number of rotatable bonds is 3. The molecule has 0 saturated carbocycles. The van der Waals surface area contributed by atoms with E-state index in [0.717, 1.165) is 31.9 Å². The van der Waals surface area contributed by atoms with Crippen molar-refractivity contribution in [2.45, 2.75) is 38.8 Å². The molecular weight excluding hydrogens is 192 g/mol. The van der Waals surface area contributed by atoms with Gasteiger partial charge in [-0.1, -0.05) is 19.0 Å². The Bertz CT molecular complexity index is 323. The molecule has 1 aliphatic heterocycles. The molecule has 0 spiro atoms. The number of nitrogens with zero attached hydrogens (tertiary/aromatic N) is 3. The Morgan fingerprint density at radius 1 is 1.60 bits per heavy atom. The van der Waals surface area contributed by atoms with E-state index in [1.165, 1.54) is 0 Å². The quantitative estimate of drug-likeness (QED) is 0.796. The van der Waals surface area contributed by atoms with Gasteiger partial charge < -0.3 is 10.3 Å². The minimum absolute atomic E-state index is 0.303. The van der Waals surface area contributed by atoms with Crippen molar-refractivity contribution in [1.82, 2.24) is 15.0 Å². The molecule has 1 atom stereocenters. The molecule has 0 amide bonds. The Balaban J connectivity index is 1.93. The Morgan fingerprint density at radius 2 is 2.40 bits per heavy atom. The Labute approximate surface area is 89.6 Å². The highest BCUT2D eigenvalue weighted by Crippen LogP contribution is 2.13. The first-order valence-corrected chi connectivity index (χ1v) is 5.45. The molecule has 1 aromatic heterocycles. The van der Waals surface area contributed by atoms with Crippen LogP contribution in [0.4, 0.5) is 0 Å². The molecule has 0 aromatic carbocycles. The second kappa shape index (κ2) is 4.28. The molecule has 2 N–H and O–H groups in total. The van der Waals surface area contributed by atoms with Gasteiger partial charge in [0.2, 0.25) is 5.89 Å². The number of aromatic nitrogens is 2. The molecule has 1 saturated heterocycles. The molecule has 5 heteroatoms. The molecule has 15 heavy (non-hydrogen) atoms. The summed E-state index contributed by atoms with van der Waals surface area (Å²) in [5.74, 6) is 1.81. The lowest BCUT2D eigenvalue weighted by Crippen LogP contribution is -2.26. The van der Waals surface area contributed by atoms with E-state index in [2.05, 4.69) is 28.9 Å². The molecule has 2 heterocycles. The Kier molecular flexibility index (Phi) is 3.02. The van der Waals surface area contributed by atoms with Crippen LogP contribution >= 0.6 is 0 Å². The van der Waals surface area contributed by atoms with E-state index in [0.29, 0.717) is 17.9 Å². The highest BCUT2D eigenvalue weighted by molar-refractivity contribution is 4.92. The molecule has 1 aliphatic rings. The van der Waals surface area contributed by atoms with Gasteiger partial charge in [-0.15, -0.1) is 0 Å². The maximum atomic E-state index is 5.82. The topological polar surface area (TPSA) is 68.2 Å². The summed E-state index contributed by atoms with van der Waals surface area (Å²) in [5, 5.41) is 3.93. The first-order valence-electron chi connectivity index (χ1n) is 5.45. The van der Waals surface area contributed by atoms with Crippen LogP contribution in [-0.4, -0.2) is 34.2 Å². The van der Waals surface area contributed by atoms with Crippen LogP contribution in [-0.2, 0) is 6.54 Å². The summed E-state index contributed by atoms with van der Waals surface area (Å²) < 4.78 is 5.18. The minimum Gasteiger partial charge on any atom is -0.338 e. The van der Waals surface area contributed by atoms with Gasteiger partial charge >= 0.3 is 0 Å². The average molecular weight is 210 g/mol. The fraction of sp³-hybridized carbons (Fsp3) is 0.800. The normalized spacial score (nSPS) is 22.8. The first-order chi connectivity index (χ1) is 7.15. The van der Waals surface area contributed by atoms with Crippen LogP contribution in [0.2, 0.25) is 0 Å². The van der Waals surface area contributed by atoms with Crippen LogP contribution in [0.5, 0.6) is 0 Å². The van der Waals surface area contributed by atoms with E-state index in [1.807, 2.05) is 0 Å². The van der Waals surface area contributed by atoms with Crippen molar-refractivity contribution in [3.63, 3.8) is 0 Å². The summed E-state index contributed by atoms with van der Waals surface area (Å²) >= 11 is 0. The van der Waals surface area contributed by atoms with Crippen LogP contribution in [0.3, 0.4) is 0 Å². The molecule has 84 valence electrons. The molecule has 0 bridgehead atoms. The summed E-state index contributed by atoms with van der Waals surface area (Å²) in [4.78, 5) is 6.59. The smallest absolute Gasteiger partial charge is 0.240 e. The minimum atomic E-state index is 0.303. The van der Waals surface area contributed by atoms with Crippen molar-refractivity contribution in [3.8, 4) is 0 Å². The molecule has 0 aliphatic carbocycles. The van der Waals surface area contributed by atoms with Crippen LogP contribution in [0.1, 0.15) is 37.9 Å². The van der Waals surface area contributed by atoms with Gasteiger partial charge in [0.05, 0.1) is 6.54 Å². The zero-order valence-corrected chi connectivity index (χ0v) is 9.31. The van der Waals surface area contributed by atoms with Gasteiger partial charge in [0.1, 0.15) is 0 Å². The third-order valence-corrected chi connectivity index (χ3v) is 2.67. The van der Waals surface area contributed by atoms with Crippen molar-refractivity contribution >= 4 is 0 Å². The van der Waals surface area contributed by atoms with Crippen LogP contribution in [0, 0.1) is 0 Å². The van der Waals surface area contributed by atoms with E-state index in [4.69, 9.17) is 10.3 Å². The average Bonchev–Trinajstić information content (AvgIpc) is 2.76. The molecule has 2 rings (SSSR count). The predicted molar refractivity (Wildman–Crippen MR) is 56.3 cm³/mol. The maximum Gasteiger partial charge on any atom is 0.240 e. The molecule has 0 radical (unpaired) electrons. The van der Waals surface area contributed by atoms with Gasteiger partial charge in [-0.3, -0.25) is 4.90 Å². The first kappa shape index (κ1) is 10.6. The summed E-state index contributed by atoms with van der Waals surface area (Å²) in [6, 6.07) is 0.303. The summed E-state index contributed by atoms with van der Waals surface area (Å²) in [5.41, 5.74) is 5.82. The number of hydrogen-bond donors (Lipinski definition) is 1. The highest BCUT2D eigenvalue weighted by Gasteiger charge is 2.21. The van der Waals surface area contributed by atoms with Crippen molar-refractivity contribution < 1.29 is 4.52 Å². The van der Waals surface area contributed by atoms with E-state index in [1.54, 1.807) is 0 Å². The number of hydrogen-bond acceptors (Lipinski definition) is 5. The van der Waals surface area contributed by atoms with Crippen LogP contribution in [0.25, 0.3) is 0 Å². The summed E-state index contributed by atoms with van der Waals surface area (Å²) in [6.45, 7) is 6.80. The van der Waals surface area contributed by atoms with Gasteiger partial charge in [0, 0.05) is 25.0 Å². The van der Waals surface area contributed by atoms with Crippen molar-refractivity contribution in [2.75, 3.05) is 13.1 Å². The lowest BCUT2D eigenvalue weighted by Gasteiger charge is -2.10. The van der Waals surface area contributed by atoms with Gasteiger partial charge in [0.15, 0.2) is 5.82 Å². The summed E-state index contributed by atoms with van der Waals surface area (Å²) in [7, 11) is 0. The third kappa shape index (κ3) is 2.54. The van der Waals surface area contributed by atoms with Crippen molar-refractivity contribution in [1.29, 1.82) is 0 Å². The SMILES string of the molecule is CC(C)c1noc(CN2CC[C@@H](N)C2)n1. The lowest BCUT2D eigenvalue weighted by molar-refractivity contribution is 0.265. The number of nitrogens with two attached hydrogens (primary N) is 1. The molecule has 0 unspecified atom stereocenters. The molecule has 1 fully saturated rings. The summed E-state index contributed by atoms with van der Waals surface area (Å²) in [6.07, 6.45) is 1.06. The molecule has 1 aromatic rings. The fourth-order valence-corrected chi connectivity index (χ4v) is 1.76. The monoisotopic (exact) mass is 210 g/mol. The van der Waals surface area contributed by atoms with Gasteiger partial charge in [0.25, 0.3) is 0 Å². The standard InChI is InChI=1S/C10H18N4O/c1-7(2)10-12-9(15-13-10)6-14-4-3-8(11)5-14/h7-8H,3-6,11H2,1-2H3/t8-/m1/s1. The van der Waals surface area contributed by atoms with Crippen molar-refractivity contribution in [3.05, 3.63) is 11.7 Å². The second-order valence-electron chi connectivity index (χ2n) is 4.48. The van der Waals surface area contributed by atoms with E-state index >= 15 is 0 Å². The number of likely N-dealkylation sites (tertiary alicyclic amines) is 1. The van der Waals surface area contributed by atoms with E-state index in [-0.39, 0.29) is 0 Å². The van der Waals surface area contributed by atoms with Gasteiger partial charge in [-0.2, -0.15) is 4.98 Å². The highest BCUT2D eigenvalue weighted by atomic mass is 16.5. The van der Waals surface area contributed by atoms with E-state index in [9.17, 15) is 0 Å². The molecule has 5 nitrogen and oxygen atoms in total. The molecular formula is C10H18N4O. The van der Waals surface area contributed by atoms with Crippen LogP contribution < -0.4 is 5.73 Å².